The fourth-order valence-electron chi connectivity index (χ4n) is 3.24. The van der Waals surface area contributed by atoms with E-state index in [-0.39, 0.29) is 11.8 Å². The summed E-state index contributed by atoms with van der Waals surface area (Å²) in [5, 5.41) is 2.90. The third-order valence-electron chi connectivity index (χ3n) is 4.87. The molecule has 3 rings (SSSR count). The standard InChI is InChI=1S/C21H26FN3O3/c1-27-19-8-5-17(13-20(19)28-2)15-24-9-11-25(12-10-24)21(26)23-14-16-3-6-18(22)7-4-16/h3-8,13H,9-12,14-15H2,1-2H3,(H,23,26). The van der Waals surface area contributed by atoms with Gasteiger partial charge in [-0.2, -0.15) is 0 Å². The first-order valence-corrected chi connectivity index (χ1v) is 9.29. The molecule has 1 aliphatic heterocycles. The maximum atomic E-state index is 12.9. The van der Waals surface area contributed by atoms with Gasteiger partial charge in [0.25, 0.3) is 0 Å². The Kier molecular flexibility index (Phi) is 6.71. The van der Waals surface area contributed by atoms with Crippen molar-refractivity contribution in [3.8, 4) is 11.5 Å². The molecule has 1 N–H and O–H groups in total. The van der Waals surface area contributed by atoms with Gasteiger partial charge in [0.1, 0.15) is 5.82 Å². The molecular weight excluding hydrogens is 361 g/mol. The Hall–Kier alpha value is -2.80. The summed E-state index contributed by atoms with van der Waals surface area (Å²) in [6.07, 6.45) is 0. The van der Waals surface area contributed by atoms with Crippen LogP contribution in [-0.4, -0.2) is 56.2 Å². The molecule has 150 valence electrons. The Morgan fingerprint density at radius 3 is 2.25 bits per heavy atom. The Balaban J connectivity index is 1.46. The van der Waals surface area contributed by atoms with Crippen LogP contribution >= 0.6 is 0 Å². The summed E-state index contributed by atoms with van der Waals surface area (Å²) < 4.78 is 23.6. The van der Waals surface area contributed by atoms with Gasteiger partial charge in [-0.05, 0) is 35.4 Å². The average molecular weight is 387 g/mol. The number of methoxy groups -OCH3 is 2. The lowest BCUT2D eigenvalue weighted by atomic mass is 10.1. The van der Waals surface area contributed by atoms with Gasteiger partial charge < -0.3 is 19.7 Å². The first kappa shape index (κ1) is 19.9. The number of hydrogen-bond donors (Lipinski definition) is 1. The molecule has 1 aliphatic rings. The number of carbonyl (C=O) groups is 1. The van der Waals surface area contributed by atoms with Crippen molar-refractivity contribution < 1.29 is 18.7 Å². The summed E-state index contributed by atoms with van der Waals surface area (Å²) in [4.78, 5) is 16.5. The molecule has 1 heterocycles. The second-order valence-electron chi connectivity index (χ2n) is 6.74. The lowest BCUT2D eigenvalue weighted by molar-refractivity contribution is 0.135. The van der Waals surface area contributed by atoms with Crippen LogP contribution in [0.2, 0.25) is 0 Å². The molecule has 0 unspecified atom stereocenters. The first-order chi connectivity index (χ1) is 13.6. The van der Waals surface area contributed by atoms with E-state index in [4.69, 9.17) is 9.47 Å². The zero-order valence-corrected chi connectivity index (χ0v) is 16.3. The maximum absolute atomic E-state index is 12.9. The molecule has 1 fully saturated rings. The van der Waals surface area contributed by atoms with Gasteiger partial charge in [-0.15, -0.1) is 0 Å². The van der Waals surface area contributed by atoms with Crippen molar-refractivity contribution in [2.75, 3.05) is 40.4 Å². The minimum atomic E-state index is -0.277. The van der Waals surface area contributed by atoms with Crippen LogP contribution in [-0.2, 0) is 13.1 Å². The Morgan fingerprint density at radius 1 is 0.964 bits per heavy atom. The van der Waals surface area contributed by atoms with Crippen LogP contribution in [0.25, 0.3) is 0 Å². The molecule has 0 radical (unpaired) electrons. The molecular formula is C21H26FN3O3. The second-order valence-corrected chi connectivity index (χ2v) is 6.74. The summed E-state index contributed by atoms with van der Waals surface area (Å²) in [6, 6.07) is 12.0. The number of rotatable bonds is 6. The maximum Gasteiger partial charge on any atom is 0.317 e. The molecule has 0 spiro atoms. The number of piperazine rings is 1. The number of benzene rings is 2. The van der Waals surface area contributed by atoms with E-state index in [0.29, 0.717) is 25.4 Å². The quantitative estimate of drug-likeness (QED) is 0.828. The molecule has 0 aromatic heterocycles. The van der Waals surface area contributed by atoms with E-state index >= 15 is 0 Å². The third kappa shape index (κ3) is 5.13. The van der Waals surface area contributed by atoms with E-state index in [1.807, 2.05) is 23.1 Å². The van der Waals surface area contributed by atoms with Crippen molar-refractivity contribution in [2.45, 2.75) is 13.1 Å². The van der Waals surface area contributed by atoms with Gasteiger partial charge in [-0.1, -0.05) is 18.2 Å². The number of urea groups is 1. The van der Waals surface area contributed by atoms with Gasteiger partial charge >= 0.3 is 6.03 Å². The molecule has 0 atom stereocenters. The minimum Gasteiger partial charge on any atom is -0.493 e. The zero-order chi connectivity index (χ0) is 19.9. The smallest absolute Gasteiger partial charge is 0.317 e. The predicted molar refractivity (Wildman–Crippen MR) is 105 cm³/mol. The summed E-state index contributed by atoms with van der Waals surface area (Å²) in [5.41, 5.74) is 2.02. The zero-order valence-electron chi connectivity index (χ0n) is 16.3. The summed E-state index contributed by atoms with van der Waals surface area (Å²) in [7, 11) is 3.25. The van der Waals surface area contributed by atoms with Gasteiger partial charge in [0.15, 0.2) is 11.5 Å². The van der Waals surface area contributed by atoms with Crippen LogP contribution in [0.3, 0.4) is 0 Å². The number of carbonyl (C=O) groups excluding carboxylic acids is 1. The molecule has 0 bridgehead atoms. The van der Waals surface area contributed by atoms with E-state index < -0.39 is 0 Å². The van der Waals surface area contributed by atoms with Gasteiger partial charge in [-0.25, -0.2) is 9.18 Å². The van der Waals surface area contributed by atoms with Gasteiger partial charge in [0.2, 0.25) is 0 Å². The number of halogens is 1. The van der Waals surface area contributed by atoms with Crippen molar-refractivity contribution >= 4 is 6.03 Å². The topological polar surface area (TPSA) is 54.0 Å². The van der Waals surface area contributed by atoms with Crippen molar-refractivity contribution in [3.05, 3.63) is 59.4 Å². The fourth-order valence-corrected chi connectivity index (χ4v) is 3.24. The van der Waals surface area contributed by atoms with Gasteiger partial charge in [-0.3, -0.25) is 4.90 Å². The van der Waals surface area contributed by atoms with Gasteiger partial charge in [0.05, 0.1) is 14.2 Å². The SMILES string of the molecule is COc1ccc(CN2CCN(C(=O)NCc3ccc(F)cc3)CC2)cc1OC. The van der Waals surface area contributed by atoms with Crippen molar-refractivity contribution in [1.82, 2.24) is 15.1 Å². The van der Waals surface area contributed by atoms with Crippen molar-refractivity contribution in [3.63, 3.8) is 0 Å². The molecule has 2 aromatic carbocycles. The minimum absolute atomic E-state index is 0.0879. The average Bonchev–Trinajstić information content (AvgIpc) is 2.73. The molecule has 28 heavy (non-hydrogen) atoms. The van der Waals surface area contributed by atoms with Crippen LogP contribution in [0.4, 0.5) is 9.18 Å². The monoisotopic (exact) mass is 387 g/mol. The number of nitrogens with one attached hydrogen (secondary N) is 1. The van der Waals surface area contributed by atoms with E-state index in [0.717, 1.165) is 36.5 Å². The highest BCUT2D eigenvalue weighted by Gasteiger charge is 2.21. The lowest BCUT2D eigenvalue weighted by Gasteiger charge is -2.34. The number of ether oxygens (including phenoxy) is 2. The normalized spacial score (nSPS) is 14.6. The van der Waals surface area contributed by atoms with Crippen molar-refractivity contribution in [1.29, 1.82) is 0 Å². The highest BCUT2D eigenvalue weighted by Crippen LogP contribution is 2.28. The Bertz CT molecular complexity index is 790. The van der Waals surface area contributed by atoms with E-state index in [9.17, 15) is 9.18 Å². The first-order valence-electron chi connectivity index (χ1n) is 9.29. The summed E-state index contributed by atoms with van der Waals surface area (Å²) >= 11 is 0. The van der Waals surface area contributed by atoms with E-state index in [2.05, 4.69) is 10.2 Å². The lowest BCUT2D eigenvalue weighted by Crippen LogP contribution is -2.51. The summed E-state index contributed by atoms with van der Waals surface area (Å²) in [5.74, 6) is 1.16. The largest absolute Gasteiger partial charge is 0.493 e. The summed E-state index contributed by atoms with van der Waals surface area (Å²) in [6.45, 7) is 4.14. The van der Waals surface area contributed by atoms with E-state index in [1.54, 1.807) is 26.4 Å². The van der Waals surface area contributed by atoms with E-state index in [1.165, 1.54) is 12.1 Å². The van der Waals surface area contributed by atoms with Crippen molar-refractivity contribution in [2.24, 2.45) is 0 Å². The Morgan fingerprint density at radius 2 is 1.61 bits per heavy atom. The third-order valence-corrected chi connectivity index (χ3v) is 4.87. The van der Waals surface area contributed by atoms with Crippen LogP contribution in [0, 0.1) is 5.82 Å². The molecule has 0 aliphatic carbocycles. The molecule has 2 aromatic rings. The van der Waals surface area contributed by atoms with Gasteiger partial charge in [0, 0.05) is 39.3 Å². The number of amides is 2. The predicted octanol–water partition coefficient (Wildman–Crippen LogP) is 2.87. The highest BCUT2D eigenvalue weighted by molar-refractivity contribution is 5.74. The molecule has 1 saturated heterocycles. The Labute approximate surface area is 164 Å². The number of hydrogen-bond acceptors (Lipinski definition) is 4. The van der Waals surface area contributed by atoms with Crippen LogP contribution < -0.4 is 14.8 Å². The number of nitrogens with zero attached hydrogens (tertiary/aromatic N) is 2. The van der Waals surface area contributed by atoms with Crippen LogP contribution in [0.1, 0.15) is 11.1 Å². The second kappa shape index (κ2) is 9.41. The van der Waals surface area contributed by atoms with Crippen LogP contribution in [0.15, 0.2) is 42.5 Å². The molecule has 2 amide bonds. The highest BCUT2D eigenvalue weighted by atomic mass is 19.1. The molecule has 0 saturated carbocycles. The van der Waals surface area contributed by atoms with Crippen LogP contribution in [0.5, 0.6) is 11.5 Å². The fraction of sp³-hybridized carbons (Fsp3) is 0.381. The molecule has 7 heteroatoms. The molecule has 6 nitrogen and oxygen atoms in total.